The Bertz CT molecular complexity index is 108. The van der Waals surface area contributed by atoms with E-state index in [1.54, 1.807) is 7.05 Å². The molecule has 8 heavy (non-hydrogen) atoms. The van der Waals surface area contributed by atoms with Gasteiger partial charge in [0.2, 0.25) is 0 Å². The molecule has 0 aromatic rings. The first kappa shape index (κ1) is 6.88. The molecule has 0 aliphatic rings. The third-order valence-electron chi connectivity index (χ3n) is 0.571. The van der Waals surface area contributed by atoms with Crippen molar-refractivity contribution in [3.8, 4) is 0 Å². The molecule has 44 valence electrons. The zero-order chi connectivity index (χ0) is 6.41. The van der Waals surface area contributed by atoms with Crippen molar-refractivity contribution in [2.75, 3.05) is 7.05 Å². The van der Waals surface area contributed by atoms with Crippen LogP contribution in [0.4, 0.5) is 0 Å². The normalized spacial score (nSPS) is 10.4. The molecular weight excluding hydrogens is 104 g/mol. The molecule has 0 heterocycles. The maximum atomic E-state index is 9.88. The summed E-state index contributed by atoms with van der Waals surface area (Å²) in [5.74, 6) is 0. The van der Waals surface area contributed by atoms with Crippen LogP contribution in [-0.4, -0.2) is 19.0 Å². The van der Waals surface area contributed by atoms with E-state index in [0.717, 1.165) is 0 Å². The van der Waals surface area contributed by atoms with Crippen molar-refractivity contribution >= 4 is 12.0 Å². The summed E-state index contributed by atoms with van der Waals surface area (Å²) in [4.78, 5) is 9.88. The number of nitrogens with one attached hydrogen (secondary N) is 1. The summed E-state index contributed by atoms with van der Waals surface area (Å²) in [6.45, 7) is 3.35. The minimum absolute atomic E-state index is 0.313. The van der Waals surface area contributed by atoms with Gasteiger partial charge in [-0.3, -0.25) is 4.79 Å². The van der Waals surface area contributed by atoms with Crippen molar-refractivity contribution in [3.05, 3.63) is 12.7 Å². The number of nitrogens with zero attached hydrogens (tertiary/aromatic N) is 1. The lowest BCUT2D eigenvalue weighted by molar-refractivity contribution is -0.102. The van der Waals surface area contributed by atoms with Gasteiger partial charge in [-0.1, -0.05) is 6.58 Å². The third-order valence-corrected chi connectivity index (χ3v) is 0.571. The van der Waals surface area contributed by atoms with Crippen LogP contribution in [0.1, 0.15) is 0 Å². The van der Waals surface area contributed by atoms with Crippen LogP contribution in [0.5, 0.6) is 0 Å². The highest BCUT2D eigenvalue weighted by molar-refractivity contribution is 6.33. The minimum Gasteiger partial charge on any atom is -0.312 e. The Labute approximate surface area is 48.1 Å². The Hall–Kier alpha value is -1.12. The quantitative estimate of drug-likeness (QED) is 0.316. The molecule has 0 spiro atoms. The number of carbonyl (C=O) groups excluding carboxylic acids is 1. The molecule has 0 aliphatic heterocycles. The highest BCUT2D eigenvalue weighted by atomic mass is 16.1. The Morgan fingerprint density at radius 2 is 2.50 bits per heavy atom. The van der Waals surface area contributed by atoms with Crippen LogP contribution in [-0.2, 0) is 4.79 Å². The van der Waals surface area contributed by atoms with E-state index in [0.29, 0.717) is 12.0 Å². The Morgan fingerprint density at radius 1 is 1.88 bits per heavy atom. The zero-order valence-corrected chi connectivity index (χ0v) is 4.72. The van der Waals surface area contributed by atoms with Gasteiger partial charge < -0.3 is 5.43 Å². The monoisotopic (exact) mass is 112 g/mol. The number of hydrogen-bond acceptors (Lipinski definition) is 3. The topological polar surface area (TPSA) is 41.5 Å². The molecule has 0 saturated heterocycles. The second-order valence-corrected chi connectivity index (χ2v) is 1.08. The standard InChI is InChI=1S/C5H8N2O/c1-3-5(4-8)7-6-2/h3-4,6H,1H2,2H3/b7-5+. The predicted octanol–water partition coefficient (Wildman–Crippen LogP) is -0.0533. The third kappa shape index (κ3) is 2.12. The van der Waals surface area contributed by atoms with Crippen LogP contribution >= 0.6 is 0 Å². The molecule has 3 heteroatoms. The van der Waals surface area contributed by atoms with E-state index in [1.807, 2.05) is 0 Å². The van der Waals surface area contributed by atoms with Gasteiger partial charge in [0.15, 0.2) is 6.29 Å². The number of hydrogen-bond donors (Lipinski definition) is 1. The van der Waals surface area contributed by atoms with Crippen LogP contribution in [0, 0.1) is 0 Å². The Morgan fingerprint density at radius 3 is 2.62 bits per heavy atom. The predicted molar refractivity (Wildman–Crippen MR) is 32.8 cm³/mol. The van der Waals surface area contributed by atoms with E-state index in [1.165, 1.54) is 6.08 Å². The summed E-state index contributed by atoms with van der Waals surface area (Å²) in [5, 5.41) is 3.54. The minimum atomic E-state index is 0.313. The first-order valence-corrected chi connectivity index (χ1v) is 2.17. The van der Waals surface area contributed by atoms with E-state index in [-0.39, 0.29) is 0 Å². The summed E-state index contributed by atoms with van der Waals surface area (Å²) in [6, 6.07) is 0. The molecule has 0 unspecified atom stereocenters. The smallest absolute Gasteiger partial charge is 0.170 e. The van der Waals surface area contributed by atoms with Crippen molar-refractivity contribution < 1.29 is 4.79 Å². The zero-order valence-electron chi connectivity index (χ0n) is 4.72. The maximum Gasteiger partial charge on any atom is 0.170 e. The lowest BCUT2D eigenvalue weighted by Crippen LogP contribution is -2.02. The summed E-state index contributed by atoms with van der Waals surface area (Å²) in [7, 11) is 1.62. The van der Waals surface area contributed by atoms with E-state index >= 15 is 0 Å². The van der Waals surface area contributed by atoms with Gasteiger partial charge in [0.25, 0.3) is 0 Å². The molecule has 0 aliphatic carbocycles. The molecule has 0 bridgehead atoms. The van der Waals surface area contributed by atoms with Crippen molar-refractivity contribution in [1.29, 1.82) is 0 Å². The van der Waals surface area contributed by atoms with Crippen LogP contribution in [0.25, 0.3) is 0 Å². The Balaban J connectivity index is 3.85. The average molecular weight is 112 g/mol. The van der Waals surface area contributed by atoms with Gasteiger partial charge >= 0.3 is 0 Å². The molecule has 3 nitrogen and oxygen atoms in total. The number of rotatable bonds is 3. The summed E-state index contributed by atoms with van der Waals surface area (Å²) >= 11 is 0. The largest absolute Gasteiger partial charge is 0.312 e. The molecule has 0 atom stereocenters. The molecule has 0 amide bonds. The molecule has 0 saturated carbocycles. The molecular formula is C5H8N2O. The first-order chi connectivity index (χ1) is 3.85. The second-order valence-electron chi connectivity index (χ2n) is 1.08. The SMILES string of the molecule is C=C/C(C=O)=N\NC. The van der Waals surface area contributed by atoms with Gasteiger partial charge in [0.05, 0.1) is 0 Å². The average Bonchev–Trinajstić information content (AvgIpc) is 1.83. The van der Waals surface area contributed by atoms with E-state index < -0.39 is 0 Å². The fourth-order valence-corrected chi connectivity index (χ4v) is 0.249. The van der Waals surface area contributed by atoms with Gasteiger partial charge in [-0.2, -0.15) is 5.10 Å². The highest BCUT2D eigenvalue weighted by Gasteiger charge is 1.82. The van der Waals surface area contributed by atoms with E-state index in [4.69, 9.17) is 0 Å². The number of carbonyl (C=O) groups is 1. The lowest BCUT2D eigenvalue weighted by Gasteiger charge is -1.85. The molecule has 0 aromatic carbocycles. The van der Waals surface area contributed by atoms with Crippen LogP contribution in [0.3, 0.4) is 0 Å². The summed E-state index contributed by atoms with van der Waals surface area (Å²) in [5.41, 5.74) is 2.77. The number of allylic oxidation sites excluding steroid dienone is 1. The summed E-state index contributed by atoms with van der Waals surface area (Å²) < 4.78 is 0. The van der Waals surface area contributed by atoms with Gasteiger partial charge in [-0.05, 0) is 6.08 Å². The summed E-state index contributed by atoms with van der Waals surface area (Å²) in [6.07, 6.45) is 2.01. The van der Waals surface area contributed by atoms with Crippen LogP contribution < -0.4 is 5.43 Å². The van der Waals surface area contributed by atoms with Crippen LogP contribution in [0.15, 0.2) is 17.8 Å². The molecule has 0 aromatic heterocycles. The van der Waals surface area contributed by atoms with Gasteiger partial charge in [0.1, 0.15) is 5.71 Å². The Kier molecular flexibility index (Phi) is 3.48. The highest BCUT2D eigenvalue weighted by Crippen LogP contribution is 1.68. The molecule has 1 N–H and O–H groups in total. The van der Waals surface area contributed by atoms with Crippen molar-refractivity contribution in [1.82, 2.24) is 5.43 Å². The van der Waals surface area contributed by atoms with Crippen molar-refractivity contribution in [2.24, 2.45) is 5.10 Å². The van der Waals surface area contributed by atoms with Gasteiger partial charge in [0, 0.05) is 7.05 Å². The molecule has 0 rings (SSSR count). The lowest BCUT2D eigenvalue weighted by atomic mass is 10.4. The maximum absolute atomic E-state index is 9.88. The number of aldehydes is 1. The van der Waals surface area contributed by atoms with Gasteiger partial charge in [-0.25, -0.2) is 0 Å². The van der Waals surface area contributed by atoms with Crippen molar-refractivity contribution in [2.45, 2.75) is 0 Å². The fourth-order valence-electron chi connectivity index (χ4n) is 0.249. The van der Waals surface area contributed by atoms with E-state index in [2.05, 4.69) is 17.1 Å². The van der Waals surface area contributed by atoms with Crippen molar-refractivity contribution in [3.63, 3.8) is 0 Å². The van der Waals surface area contributed by atoms with E-state index in [9.17, 15) is 4.79 Å². The number of hydrazone groups is 1. The fraction of sp³-hybridized carbons (Fsp3) is 0.200. The molecule has 0 fully saturated rings. The first-order valence-electron chi connectivity index (χ1n) is 2.17. The van der Waals surface area contributed by atoms with Crippen LogP contribution in [0.2, 0.25) is 0 Å². The van der Waals surface area contributed by atoms with Gasteiger partial charge in [-0.15, -0.1) is 0 Å². The second kappa shape index (κ2) is 4.05. The molecule has 0 radical (unpaired) electrons.